The van der Waals surface area contributed by atoms with Crippen LogP contribution in [0.2, 0.25) is 0 Å². The first-order valence-corrected chi connectivity index (χ1v) is 20.0. The predicted molar refractivity (Wildman–Crippen MR) is 212 cm³/mol. The summed E-state index contributed by atoms with van der Waals surface area (Å²) in [5.41, 5.74) is 5.56. The van der Waals surface area contributed by atoms with E-state index >= 15 is 0 Å². The zero-order chi connectivity index (χ0) is 44.3. The van der Waals surface area contributed by atoms with Crippen molar-refractivity contribution in [3.63, 3.8) is 0 Å². The predicted octanol–water partition coefficient (Wildman–Crippen LogP) is -2.15. The van der Waals surface area contributed by atoms with E-state index in [-0.39, 0.29) is 49.5 Å². The molecular formula is C38H67N9O11. The van der Waals surface area contributed by atoms with E-state index in [4.69, 9.17) is 5.73 Å². The molecule has 0 aliphatic carbocycles. The number of carbonyl (C=O) groups excluding carboxylic acids is 8. The zero-order valence-electron chi connectivity index (χ0n) is 35.1. The molecule has 0 aromatic carbocycles. The number of amides is 8. The highest BCUT2D eigenvalue weighted by Gasteiger charge is 2.38. The maximum atomic E-state index is 13.8. The Morgan fingerprint density at radius 1 is 0.655 bits per heavy atom. The average Bonchev–Trinajstić information content (AvgIpc) is 3.65. The van der Waals surface area contributed by atoms with Gasteiger partial charge in [-0.25, -0.2) is 4.79 Å². The summed E-state index contributed by atoms with van der Waals surface area (Å²) in [5.74, 6) is -6.94. The number of nitrogens with one attached hydrogen (secondary N) is 7. The molecule has 0 unspecified atom stereocenters. The van der Waals surface area contributed by atoms with Gasteiger partial charge in [0.15, 0.2) is 0 Å². The van der Waals surface area contributed by atoms with Crippen molar-refractivity contribution in [3.05, 3.63) is 0 Å². The number of aliphatic hydroxyl groups excluding tert-OH is 1. The van der Waals surface area contributed by atoms with Gasteiger partial charge in [0.2, 0.25) is 47.3 Å². The second kappa shape index (κ2) is 25.5. The van der Waals surface area contributed by atoms with Gasteiger partial charge < -0.3 is 58.1 Å². The molecule has 0 spiro atoms. The second-order valence-electron chi connectivity index (χ2n) is 16.1. The summed E-state index contributed by atoms with van der Waals surface area (Å²) in [4.78, 5) is 117. The van der Waals surface area contributed by atoms with Crippen LogP contribution in [0.25, 0.3) is 0 Å². The fourth-order valence-corrected chi connectivity index (χ4v) is 6.23. The molecule has 0 radical (unpaired) electrons. The van der Waals surface area contributed by atoms with Crippen LogP contribution < -0.4 is 43.0 Å². The Balaban J connectivity index is 2.88. The standard InChI is InChI=1S/C38H67N9O11/c1-9-23(8)32(38(57)58)46-31(51)18-41-34(53)25(13-20(2)3)43-29(49)17-42-36(55)28-11-10-12-47(28)37(56)27(15-22(6)7)44-30(50)16-40-35(54)26(14-21(4)5)45-33(52)24(39)19-48/h20-28,32,48H,9-19,39H2,1-8H3,(H,40,54)(H,41,53)(H,42,55)(H,43,49)(H,44,50)(H,45,52)(H,46,51)(H,57,58)/t23-,24-,25-,26-,27-,28-,32-/m0/s1. The molecule has 1 heterocycles. The molecule has 0 bridgehead atoms. The molecule has 8 amide bonds. The third kappa shape index (κ3) is 18.2. The zero-order valence-corrected chi connectivity index (χ0v) is 35.1. The van der Waals surface area contributed by atoms with Crippen LogP contribution in [0.15, 0.2) is 0 Å². The lowest BCUT2D eigenvalue weighted by atomic mass is 9.99. The Kier molecular flexibility index (Phi) is 22.5. The van der Waals surface area contributed by atoms with Crippen molar-refractivity contribution in [1.82, 2.24) is 42.1 Å². The first-order valence-electron chi connectivity index (χ1n) is 20.0. The van der Waals surface area contributed by atoms with Gasteiger partial charge in [-0.1, -0.05) is 61.8 Å². The van der Waals surface area contributed by atoms with Gasteiger partial charge in [0.1, 0.15) is 36.3 Å². The van der Waals surface area contributed by atoms with E-state index in [2.05, 4.69) is 37.2 Å². The molecular weight excluding hydrogens is 758 g/mol. The lowest BCUT2D eigenvalue weighted by Crippen LogP contribution is -2.57. The monoisotopic (exact) mass is 825 g/mol. The Labute approximate surface area is 340 Å². The number of carboxylic acid groups (broad SMARTS) is 1. The number of nitrogens with zero attached hydrogens (tertiary/aromatic N) is 1. The number of hydrogen-bond acceptors (Lipinski definition) is 11. The highest BCUT2D eigenvalue weighted by atomic mass is 16.4. The summed E-state index contributed by atoms with van der Waals surface area (Å²) in [6.07, 6.45) is 1.93. The highest BCUT2D eigenvalue weighted by Crippen LogP contribution is 2.20. The summed E-state index contributed by atoms with van der Waals surface area (Å²) in [7, 11) is 0. The van der Waals surface area contributed by atoms with E-state index in [1.54, 1.807) is 13.8 Å². The number of carbonyl (C=O) groups is 9. The summed E-state index contributed by atoms with van der Waals surface area (Å²) in [5, 5.41) is 36.1. The summed E-state index contributed by atoms with van der Waals surface area (Å²) >= 11 is 0. The molecule has 58 heavy (non-hydrogen) atoms. The third-order valence-corrected chi connectivity index (χ3v) is 9.48. The van der Waals surface area contributed by atoms with Gasteiger partial charge in [-0.3, -0.25) is 38.4 Å². The Morgan fingerprint density at radius 3 is 1.57 bits per heavy atom. The molecule has 20 nitrogen and oxygen atoms in total. The van der Waals surface area contributed by atoms with Crippen LogP contribution in [0.1, 0.15) is 93.9 Å². The minimum Gasteiger partial charge on any atom is -0.480 e. The Hall–Kier alpha value is -4.85. The van der Waals surface area contributed by atoms with Gasteiger partial charge in [0, 0.05) is 6.54 Å². The average molecular weight is 826 g/mol. The van der Waals surface area contributed by atoms with Crippen LogP contribution in [0, 0.1) is 23.7 Å². The van der Waals surface area contributed by atoms with Gasteiger partial charge in [-0.15, -0.1) is 0 Å². The molecule has 11 N–H and O–H groups in total. The van der Waals surface area contributed by atoms with Crippen molar-refractivity contribution in [2.75, 3.05) is 32.8 Å². The van der Waals surface area contributed by atoms with Crippen LogP contribution in [0.5, 0.6) is 0 Å². The Morgan fingerprint density at radius 2 is 1.10 bits per heavy atom. The molecule has 1 rings (SSSR count). The molecule has 20 heteroatoms. The van der Waals surface area contributed by atoms with Crippen LogP contribution in [0.4, 0.5) is 0 Å². The van der Waals surface area contributed by atoms with Crippen molar-refractivity contribution in [3.8, 4) is 0 Å². The van der Waals surface area contributed by atoms with Gasteiger partial charge in [0.05, 0.1) is 26.2 Å². The van der Waals surface area contributed by atoms with Crippen molar-refractivity contribution >= 4 is 53.2 Å². The van der Waals surface area contributed by atoms with Crippen LogP contribution in [-0.4, -0.2) is 137 Å². The van der Waals surface area contributed by atoms with Crippen LogP contribution >= 0.6 is 0 Å². The molecule has 1 fully saturated rings. The number of rotatable bonds is 25. The molecule has 1 saturated heterocycles. The fourth-order valence-electron chi connectivity index (χ4n) is 6.23. The van der Waals surface area contributed by atoms with Crippen molar-refractivity contribution < 1.29 is 53.4 Å². The lowest BCUT2D eigenvalue weighted by Gasteiger charge is -2.29. The van der Waals surface area contributed by atoms with Crippen LogP contribution in [0.3, 0.4) is 0 Å². The molecule has 1 aliphatic rings. The first-order chi connectivity index (χ1) is 27.1. The summed E-state index contributed by atoms with van der Waals surface area (Å²) in [6, 6.07) is -6.45. The number of nitrogens with two attached hydrogens (primary N) is 1. The van der Waals surface area contributed by atoms with Gasteiger partial charge in [-0.05, 0) is 55.8 Å². The number of hydrogen-bond donors (Lipinski definition) is 10. The third-order valence-electron chi connectivity index (χ3n) is 9.48. The van der Waals surface area contributed by atoms with E-state index in [9.17, 15) is 53.4 Å². The minimum absolute atomic E-state index is 0.0141. The maximum absolute atomic E-state index is 13.8. The fraction of sp³-hybridized carbons (Fsp3) is 0.763. The van der Waals surface area contributed by atoms with E-state index in [1.165, 1.54) is 4.90 Å². The largest absolute Gasteiger partial charge is 0.480 e. The number of aliphatic carboxylic acids is 1. The van der Waals surface area contributed by atoms with Crippen molar-refractivity contribution in [2.45, 2.75) is 130 Å². The molecule has 0 aromatic heterocycles. The molecule has 330 valence electrons. The van der Waals surface area contributed by atoms with Gasteiger partial charge >= 0.3 is 5.97 Å². The van der Waals surface area contributed by atoms with E-state index in [1.807, 2.05) is 41.5 Å². The van der Waals surface area contributed by atoms with Gasteiger partial charge in [0.25, 0.3) is 0 Å². The van der Waals surface area contributed by atoms with E-state index in [0.717, 1.165) is 0 Å². The van der Waals surface area contributed by atoms with E-state index in [0.29, 0.717) is 19.3 Å². The van der Waals surface area contributed by atoms with Crippen molar-refractivity contribution in [1.29, 1.82) is 0 Å². The van der Waals surface area contributed by atoms with Crippen molar-refractivity contribution in [2.24, 2.45) is 29.4 Å². The van der Waals surface area contributed by atoms with Gasteiger partial charge in [-0.2, -0.15) is 0 Å². The highest BCUT2D eigenvalue weighted by molar-refractivity contribution is 5.96. The minimum atomic E-state index is -1.23. The Bertz CT molecular complexity index is 1440. The summed E-state index contributed by atoms with van der Waals surface area (Å²) in [6.45, 7) is 12.5. The number of carboxylic acids is 1. The number of aliphatic hydroxyl groups is 1. The molecule has 7 atom stereocenters. The van der Waals surface area contributed by atoms with Crippen LogP contribution in [-0.2, 0) is 43.2 Å². The summed E-state index contributed by atoms with van der Waals surface area (Å²) < 4.78 is 0. The SMILES string of the molecule is CC[C@H](C)[C@H](NC(=O)CNC(=O)[C@H](CC(C)C)NC(=O)CNC(=O)[C@@H]1CCCN1C(=O)[C@H](CC(C)C)NC(=O)CNC(=O)[C@H](CC(C)C)NC(=O)[C@@H](N)CO)C(=O)O. The second-order valence-corrected chi connectivity index (χ2v) is 16.1. The topological polar surface area (TPSA) is 308 Å². The van der Waals surface area contributed by atoms with E-state index < -0.39 is 116 Å². The quantitative estimate of drug-likeness (QED) is 0.0472. The first kappa shape index (κ1) is 51.2. The molecule has 0 aromatic rings. The molecule has 1 aliphatic heterocycles. The normalized spacial score (nSPS) is 17.0. The maximum Gasteiger partial charge on any atom is 0.326 e. The molecule has 0 saturated carbocycles. The lowest BCUT2D eigenvalue weighted by molar-refractivity contribution is -0.143. The number of likely N-dealkylation sites (tertiary alicyclic amines) is 1. The smallest absolute Gasteiger partial charge is 0.326 e.